The molecule has 0 saturated heterocycles. The van der Waals surface area contributed by atoms with E-state index in [-0.39, 0.29) is 18.2 Å². The van der Waals surface area contributed by atoms with Crippen molar-refractivity contribution in [1.82, 2.24) is 15.4 Å². The Kier molecular flexibility index (Phi) is 5.63. The number of hydrogen-bond acceptors (Lipinski definition) is 2. The highest BCUT2D eigenvalue weighted by Gasteiger charge is 2.11. The molecule has 0 aliphatic rings. The minimum Gasteiger partial charge on any atom is -0.345 e. The molecule has 7 heteroatoms. The van der Waals surface area contributed by atoms with Crippen LogP contribution in [0.4, 0.5) is 0 Å². The SMILES string of the molecule is Cn1cc(Br)cc1C(=O)NNC(=O)CCc1ccc(Cl)cc1. The van der Waals surface area contributed by atoms with Crippen LogP contribution < -0.4 is 10.9 Å². The molecule has 2 amide bonds. The zero-order valence-corrected chi connectivity index (χ0v) is 14.2. The molecule has 22 heavy (non-hydrogen) atoms. The molecule has 0 radical (unpaired) electrons. The fourth-order valence-electron chi connectivity index (χ4n) is 1.91. The van der Waals surface area contributed by atoms with E-state index in [9.17, 15) is 9.59 Å². The summed E-state index contributed by atoms with van der Waals surface area (Å²) in [4.78, 5) is 23.7. The van der Waals surface area contributed by atoms with Crippen LogP contribution in [0, 0.1) is 0 Å². The van der Waals surface area contributed by atoms with Crippen LogP contribution in [-0.2, 0) is 18.3 Å². The largest absolute Gasteiger partial charge is 0.345 e. The van der Waals surface area contributed by atoms with Crippen molar-refractivity contribution in [2.75, 3.05) is 0 Å². The fourth-order valence-corrected chi connectivity index (χ4v) is 2.56. The number of halogens is 2. The normalized spacial score (nSPS) is 10.3. The maximum atomic E-state index is 11.9. The molecule has 0 spiro atoms. The first kappa shape index (κ1) is 16.6. The Balaban J connectivity index is 1.79. The van der Waals surface area contributed by atoms with Crippen molar-refractivity contribution in [3.8, 4) is 0 Å². The van der Waals surface area contributed by atoms with Gasteiger partial charge in [-0.2, -0.15) is 0 Å². The number of amides is 2. The van der Waals surface area contributed by atoms with Crippen LogP contribution in [0.15, 0.2) is 41.0 Å². The zero-order valence-electron chi connectivity index (χ0n) is 11.9. The molecule has 0 aliphatic heterocycles. The molecule has 5 nitrogen and oxygen atoms in total. The minimum absolute atomic E-state index is 0.253. The lowest BCUT2D eigenvalue weighted by molar-refractivity contribution is -0.121. The van der Waals surface area contributed by atoms with E-state index in [0.717, 1.165) is 10.0 Å². The number of nitrogens with zero attached hydrogens (tertiary/aromatic N) is 1. The van der Waals surface area contributed by atoms with E-state index < -0.39 is 0 Å². The third kappa shape index (κ3) is 4.61. The molecule has 1 heterocycles. The summed E-state index contributed by atoms with van der Waals surface area (Å²) in [7, 11) is 1.75. The van der Waals surface area contributed by atoms with E-state index in [4.69, 9.17) is 11.6 Å². The van der Waals surface area contributed by atoms with Crippen LogP contribution in [0.1, 0.15) is 22.5 Å². The molecule has 0 atom stereocenters. The van der Waals surface area contributed by atoms with Crippen LogP contribution in [-0.4, -0.2) is 16.4 Å². The van der Waals surface area contributed by atoms with Gasteiger partial charge in [-0.05, 0) is 46.1 Å². The highest BCUT2D eigenvalue weighted by atomic mass is 79.9. The van der Waals surface area contributed by atoms with Gasteiger partial charge in [-0.1, -0.05) is 23.7 Å². The number of carbonyl (C=O) groups is 2. The second-order valence-electron chi connectivity index (χ2n) is 4.78. The van der Waals surface area contributed by atoms with Gasteiger partial charge in [0, 0.05) is 29.2 Å². The first-order valence-electron chi connectivity index (χ1n) is 6.61. The molecule has 0 bridgehead atoms. The molecule has 2 rings (SSSR count). The van der Waals surface area contributed by atoms with E-state index in [1.807, 2.05) is 12.1 Å². The van der Waals surface area contributed by atoms with Crippen molar-refractivity contribution in [3.05, 3.63) is 57.3 Å². The summed E-state index contributed by atoms with van der Waals surface area (Å²) in [5, 5.41) is 0.661. The lowest BCUT2D eigenvalue weighted by Gasteiger charge is -2.08. The van der Waals surface area contributed by atoms with Crippen LogP contribution in [0.25, 0.3) is 0 Å². The molecule has 2 aromatic rings. The number of hydrogen-bond donors (Lipinski definition) is 2. The number of aromatic nitrogens is 1. The molecule has 116 valence electrons. The molecule has 0 saturated carbocycles. The predicted octanol–water partition coefficient (Wildman–Crippen LogP) is 2.83. The van der Waals surface area contributed by atoms with Gasteiger partial charge in [-0.15, -0.1) is 0 Å². The Hall–Kier alpha value is -1.79. The van der Waals surface area contributed by atoms with E-state index in [0.29, 0.717) is 17.1 Å². The van der Waals surface area contributed by atoms with Gasteiger partial charge in [0.1, 0.15) is 5.69 Å². The van der Waals surface area contributed by atoms with Gasteiger partial charge in [-0.3, -0.25) is 20.4 Å². The third-order valence-electron chi connectivity index (χ3n) is 3.07. The number of aryl methyl sites for hydroxylation is 2. The summed E-state index contributed by atoms with van der Waals surface area (Å²) in [5.41, 5.74) is 6.26. The van der Waals surface area contributed by atoms with Crippen molar-refractivity contribution in [2.45, 2.75) is 12.8 Å². The topological polar surface area (TPSA) is 63.1 Å². The Morgan fingerprint density at radius 2 is 1.91 bits per heavy atom. The van der Waals surface area contributed by atoms with Crippen molar-refractivity contribution in [3.63, 3.8) is 0 Å². The summed E-state index contributed by atoms with van der Waals surface area (Å²) in [5.74, 6) is -0.621. The number of carbonyl (C=O) groups excluding carboxylic acids is 2. The zero-order chi connectivity index (χ0) is 16.1. The monoisotopic (exact) mass is 383 g/mol. The van der Waals surface area contributed by atoms with E-state index >= 15 is 0 Å². The lowest BCUT2D eigenvalue weighted by Crippen LogP contribution is -2.42. The van der Waals surface area contributed by atoms with E-state index in [2.05, 4.69) is 26.8 Å². The van der Waals surface area contributed by atoms with Crippen LogP contribution in [0.5, 0.6) is 0 Å². The van der Waals surface area contributed by atoms with Gasteiger partial charge < -0.3 is 4.57 Å². The van der Waals surface area contributed by atoms with E-state index in [1.54, 1.807) is 36.0 Å². The Bertz CT molecular complexity index is 683. The smallest absolute Gasteiger partial charge is 0.286 e. The van der Waals surface area contributed by atoms with Crippen molar-refractivity contribution in [2.24, 2.45) is 7.05 Å². The van der Waals surface area contributed by atoms with Gasteiger partial charge in [-0.25, -0.2) is 0 Å². The maximum Gasteiger partial charge on any atom is 0.286 e. The molecule has 2 N–H and O–H groups in total. The highest BCUT2D eigenvalue weighted by molar-refractivity contribution is 9.10. The number of rotatable bonds is 4. The van der Waals surface area contributed by atoms with Gasteiger partial charge in [0.2, 0.25) is 5.91 Å². The standard InChI is InChI=1S/C15H15BrClN3O2/c1-20-9-11(16)8-13(20)15(22)19-18-14(21)7-4-10-2-5-12(17)6-3-10/h2-3,5-6,8-9H,4,7H2,1H3,(H,18,21)(H,19,22). The van der Waals surface area contributed by atoms with Crippen LogP contribution in [0.3, 0.4) is 0 Å². The van der Waals surface area contributed by atoms with E-state index in [1.165, 1.54) is 0 Å². The molecule has 1 aromatic carbocycles. The summed E-state index contributed by atoms with van der Waals surface area (Å²) < 4.78 is 2.47. The molecule has 1 aromatic heterocycles. The average molecular weight is 385 g/mol. The van der Waals surface area contributed by atoms with Crippen molar-refractivity contribution in [1.29, 1.82) is 0 Å². The molecule has 0 aliphatic carbocycles. The minimum atomic E-state index is -0.368. The van der Waals surface area contributed by atoms with Crippen molar-refractivity contribution < 1.29 is 9.59 Å². The lowest BCUT2D eigenvalue weighted by atomic mass is 10.1. The first-order chi connectivity index (χ1) is 10.5. The van der Waals surface area contributed by atoms with Crippen LogP contribution >= 0.6 is 27.5 Å². The molecule has 0 unspecified atom stereocenters. The number of benzene rings is 1. The predicted molar refractivity (Wildman–Crippen MR) is 88.5 cm³/mol. The second-order valence-corrected chi connectivity index (χ2v) is 6.14. The Morgan fingerprint density at radius 3 is 2.50 bits per heavy atom. The molecular weight excluding hydrogens is 370 g/mol. The first-order valence-corrected chi connectivity index (χ1v) is 7.78. The fraction of sp³-hybridized carbons (Fsp3) is 0.200. The molecular formula is C15H15BrClN3O2. The Labute approximate surface area is 141 Å². The summed E-state index contributed by atoms with van der Waals surface area (Å²) >= 11 is 9.09. The highest BCUT2D eigenvalue weighted by Crippen LogP contribution is 2.13. The average Bonchev–Trinajstić information content (AvgIpc) is 2.83. The van der Waals surface area contributed by atoms with Gasteiger partial charge in [0.05, 0.1) is 0 Å². The van der Waals surface area contributed by atoms with Crippen molar-refractivity contribution >= 4 is 39.3 Å². The summed E-state index contributed by atoms with van der Waals surface area (Å²) in [6.07, 6.45) is 2.62. The summed E-state index contributed by atoms with van der Waals surface area (Å²) in [6, 6.07) is 8.98. The Morgan fingerprint density at radius 1 is 1.23 bits per heavy atom. The van der Waals surface area contributed by atoms with Gasteiger partial charge in [0.15, 0.2) is 0 Å². The quantitative estimate of drug-likeness (QED) is 0.796. The second kappa shape index (κ2) is 7.47. The number of hydrazine groups is 1. The number of nitrogens with one attached hydrogen (secondary N) is 2. The summed E-state index contributed by atoms with van der Waals surface area (Å²) in [6.45, 7) is 0. The van der Waals surface area contributed by atoms with Crippen LogP contribution in [0.2, 0.25) is 5.02 Å². The van der Waals surface area contributed by atoms with Gasteiger partial charge >= 0.3 is 0 Å². The maximum absolute atomic E-state index is 11.9. The third-order valence-corrected chi connectivity index (χ3v) is 3.76. The molecule has 0 fully saturated rings. The van der Waals surface area contributed by atoms with Gasteiger partial charge in [0.25, 0.3) is 5.91 Å².